The van der Waals surface area contributed by atoms with Crippen molar-refractivity contribution in [3.05, 3.63) is 22.2 Å². The van der Waals surface area contributed by atoms with Gasteiger partial charge in [0.15, 0.2) is 0 Å². The van der Waals surface area contributed by atoms with Gasteiger partial charge in [-0.3, -0.25) is 4.90 Å². The molecule has 0 unspecified atom stereocenters. The summed E-state index contributed by atoms with van der Waals surface area (Å²) in [5.41, 5.74) is 13.7. The van der Waals surface area contributed by atoms with Gasteiger partial charge >= 0.3 is 0 Å². The van der Waals surface area contributed by atoms with E-state index in [1.165, 1.54) is 6.42 Å². The Morgan fingerprint density at radius 2 is 1.91 bits per heavy atom. The number of rotatable bonds is 2. The Kier molecular flexibility index (Phi) is 4.23. The van der Waals surface area contributed by atoms with E-state index >= 15 is 0 Å². The van der Waals surface area contributed by atoms with E-state index in [2.05, 4.69) is 20.9 Å². The van der Waals surface area contributed by atoms with Crippen LogP contribution in [0.2, 0.25) is 0 Å². The molecule has 7 heteroatoms. The molecule has 0 saturated heterocycles. The first-order valence-electron chi connectivity index (χ1n) is 7.81. The maximum absolute atomic E-state index is 6.28. The summed E-state index contributed by atoms with van der Waals surface area (Å²) in [5, 5.41) is 0. The number of benzene rings is 1. The number of hydrogen-bond acceptors (Lipinski definition) is 6. The van der Waals surface area contributed by atoms with Crippen LogP contribution in [0.4, 0.5) is 5.69 Å². The summed E-state index contributed by atoms with van der Waals surface area (Å²) in [6, 6.07) is 4.04. The second-order valence-corrected chi connectivity index (χ2v) is 6.97. The standard InChI is InChI=1S/C16H22BrN5O/c1-10-8-11(17)13(12(9-10)23-2)22-15(19)20-14(18)21-16(22)6-4-3-5-7-16/h8-9H,3-7H2,1-2H3,(H4,18,19,20,21). The maximum atomic E-state index is 6.28. The minimum absolute atomic E-state index is 0.253. The summed E-state index contributed by atoms with van der Waals surface area (Å²) < 4.78 is 6.52. The highest BCUT2D eigenvalue weighted by molar-refractivity contribution is 9.10. The van der Waals surface area contributed by atoms with Crippen molar-refractivity contribution >= 4 is 33.5 Å². The number of nitrogens with zero attached hydrogens (tertiary/aromatic N) is 3. The van der Waals surface area contributed by atoms with E-state index in [0.717, 1.165) is 47.2 Å². The van der Waals surface area contributed by atoms with E-state index in [9.17, 15) is 0 Å². The van der Waals surface area contributed by atoms with Crippen molar-refractivity contribution in [3.63, 3.8) is 0 Å². The number of aryl methyl sites for hydroxylation is 1. The zero-order valence-electron chi connectivity index (χ0n) is 13.5. The highest BCUT2D eigenvalue weighted by Crippen LogP contribution is 2.46. The van der Waals surface area contributed by atoms with Gasteiger partial charge in [0.2, 0.25) is 11.9 Å². The van der Waals surface area contributed by atoms with E-state index in [-0.39, 0.29) is 5.96 Å². The highest BCUT2D eigenvalue weighted by atomic mass is 79.9. The lowest BCUT2D eigenvalue weighted by molar-refractivity contribution is 0.302. The predicted molar refractivity (Wildman–Crippen MR) is 97.0 cm³/mol. The highest BCUT2D eigenvalue weighted by Gasteiger charge is 2.44. The van der Waals surface area contributed by atoms with Crippen molar-refractivity contribution in [2.24, 2.45) is 21.5 Å². The first-order chi connectivity index (χ1) is 11.0. The number of methoxy groups -OCH3 is 1. The Hall–Kier alpha value is -1.76. The average Bonchev–Trinajstić information content (AvgIpc) is 2.49. The number of guanidine groups is 2. The fourth-order valence-electron chi connectivity index (χ4n) is 3.52. The molecule has 0 bridgehead atoms. The van der Waals surface area contributed by atoms with Crippen LogP contribution in [0.3, 0.4) is 0 Å². The average molecular weight is 380 g/mol. The van der Waals surface area contributed by atoms with Crippen molar-refractivity contribution in [3.8, 4) is 5.75 Å². The molecular formula is C16H22BrN5O. The van der Waals surface area contributed by atoms with Gasteiger partial charge in [0.25, 0.3) is 0 Å². The third kappa shape index (κ3) is 2.78. The van der Waals surface area contributed by atoms with Gasteiger partial charge in [-0.15, -0.1) is 0 Å². The zero-order chi connectivity index (χ0) is 16.6. The normalized spacial score (nSPS) is 20.2. The van der Waals surface area contributed by atoms with Gasteiger partial charge < -0.3 is 16.2 Å². The molecule has 1 spiro atoms. The number of anilines is 1. The third-order valence-electron chi connectivity index (χ3n) is 4.47. The summed E-state index contributed by atoms with van der Waals surface area (Å²) >= 11 is 3.65. The van der Waals surface area contributed by atoms with Crippen LogP contribution in [-0.4, -0.2) is 24.7 Å². The molecule has 1 aliphatic carbocycles. The Balaban J connectivity index is 2.18. The lowest BCUT2D eigenvalue weighted by atomic mass is 9.87. The van der Waals surface area contributed by atoms with Gasteiger partial charge in [-0.25, -0.2) is 4.99 Å². The third-order valence-corrected chi connectivity index (χ3v) is 5.07. The lowest BCUT2D eigenvalue weighted by Crippen LogP contribution is -2.58. The Bertz CT molecular complexity index is 679. The molecule has 0 amide bonds. The Labute approximate surface area is 144 Å². The molecule has 1 fully saturated rings. The van der Waals surface area contributed by atoms with Crippen LogP contribution in [0.15, 0.2) is 26.6 Å². The second-order valence-electron chi connectivity index (χ2n) is 6.12. The molecule has 1 heterocycles. The van der Waals surface area contributed by atoms with E-state index in [1.807, 2.05) is 24.0 Å². The first kappa shape index (κ1) is 16.1. The SMILES string of the molecule is COc1cc(C)cc(Br)c1N1C(N)=NC(N)=NC12CCCCC2. The molecule has 6 nitrogen and oxygen atoms in total. The molecular weight excluding hydrogens is 358 g/mol. The zero-order valence-corrected chi connectivity index (χ0v) is 15.1. The molecule has 0 atom stereocenters. The maximum Gasteiger partial charge on any atom is 0.220 e. The minimum atomic E-state index is -0.473. The molecule has 2 aliphatic rings. The largest absolute Gasteiger partial charge is 0.495 e. The topological polar surface area (TPSA) is 89.2 Å². The van der Waals surface area contributed by atoms with Crippen LogP contribution in [0, 0.1) is 6.92 Å². The van der Waals surface area contributed by atoms with Crippen molar-refractivity contribution in [1.82, 2.24) is 0 Å². The summed E-state index contributed by atoms with van der Waals surface area (Å²) in [7, 11) is 1.66. The number of halogens is 1. The molecule has 1 aromatic rings. The van der Waals surface area contributed by atoms with E-state index < -0.39 is 5.66 Å². The van der Waals surface area contributed by atoms with Gasteiger partial charge in [-0.1, -0.05) is 6.42 Å². The fraction of sp³-hybridized carbons (Fsp3) is 0.500. The number of ether oxygens (including phenoxy) is 1. The minimum Gasteiger partial charge on any atom is -0.495 e. The fourth-order valence-corrected chi connectivity index (χ4v) is 4.25. The number of nitrogens with two attached hydrogens (primary N) is 2. The molecule has 1 aromatic carbocycles. The summed E-state index contributed by atoms with van der Waals surface area (Å²) in [6.07, 6.45) is 5.17. The van der Waals surface area contributed by atoms with Gasteiger partial charge in [-0.2, -0.15) is 4.99 Å². The molecule has 0 radical (unpaired) electrons. The monoisotopic (exact) mass is 379 g/mol. The molecule has 124 valence electrons. The molecule has 3 rings (SSSR count). The van der Waals surface area contributed by atoms with Gasteiger partial charge in [0, 0.05) is 4.47 Å². The Morgan fingerprint density at radius 1 is 1.22 bits per heavy atom. The van der Waals surface area contributed by atoms with Crippen LogP contribution in [0.5, 0.6) is 5.75 Å². The lowest BCUT2D eigenvalue weighted by Gasteiger charge is -2.46. The van der Waals surface area contributed by atoms with Crippen LogP contribution >= 0.6 is 15.9 Å². The van der Waals surface area contributed by atoms with E-state index in [4.69, 9.17) is 21.2 Å². The number of aliphatic imine (C=N–C) groups is 2. The van der Waals surface area contributed by atoms with Crippen LogP contribution in [-0.2, 0) is 0 Å². The van der Waals surface area contributed by atoms with Crippen molar-refractivity contribution < 1.29 is 4.74 Å². The summed E-state index contributed by atoms with van der Waals surface area (Å²) in [6.45, 7) is 2.03. The van der Waals surface area contributed by atoms with E-state index in [1.54, 1.807) is 7.11 Å². The molecule has 4 N–H and O–H groups in total. The first-order valence-corrected chi connectivity index (χ1v) is 8.60. The predicted octanol–water partition coefficient (Wildman–Crippen LogP) is 2.88. The molecule has 23 heavy (non-hydrogen) atoms. The van der Waals surface area contributed by atoms with Crippen molar-refractivity contribution in [2.45, 2.75) is 44.7 Å². The smallest absolute Gasteiger partial charge is 0.220 e. The number of hydrogen-bond donors (Lipinski definition) is 2. The van der Waals surface area contributed by atoms with Crippen LogP contribution in [0.1, 0.15) is 37.7 Å². The Morgan fingerprint density at radius 3 is 2.57 bits per heavy atom. The second kappa shape index (κ2) is 6.03. The van der Waals surface area contributed by atoms with E-state index in [0.29, 0.717) is 5.96 Å². The van der Waals surface area contributed by atoms with Crippen LogP contribution in [0.25, 0.3) is 0 Å². The molecule has 0 aromatic heterocycles. The summed E-state index contributed by atoms with van der Waals surface area (Å²) in [5.74, 6) is 1.36. The molecule has 1 saturated carbocycles. The van der Waals surface area contributed by atoms with Gasteiger partial charge in [0.05, 0.1) is 7.11 Å². The van der Waals surface area contributed by atoms with Crippen molar-refractivity contribution in [1.29, 1.82) is 0 Å². The van der Waals surface area contributed by atoms with Crippen LogP contribution < -0.4 is 21.1 Å². The molecule has 1 aliphatic heterocycles. The van der Waals surface area contributed by atoms with Gasteiger partial charge in [0.1, 0.15) is 17.1 Å². The van der Waals surface area contributed by atoms with Crippen molar-refractivity contribution in [2.75, 3.05) is 12.0 Å². The summed E-state index contributed by atoms with van der Waals surface area (Å²) in [4.78, 5) is 10.9. The quantitative estimate of drug-likeness (QED) is 0.826. The van der Waals surface area contributed by atoms with Gasteiger partial charge in [-0.05, 0) is 66.2 Å².